The van der Waals surface area contributed by atoms with E-state index in [0.29, 0.717) is 17.7 Å². The molecule has 2 unspecified atom stereocenters. The molecule has 2 rings (SSSR count). The van der Waals surface area contributed by atoms with E-state index in [-0.39, 0.29) is 11.8 Å². The Morgan fingerprint density at radius 3 is 2.76 bits per heavy atom. The molecular formula is C13H15N3O5. The summed E-state index contributed by atoms with van der Waals surface area (Å²) in [6.07, 6.45) is 0.169. The third kappa shape index (κ3) is 3.28. The van der Waals surface area contributed by atoms with Crippen LogP contribution in [0.2, 0.25) is 0 Å². The van der Waals surface area contributed by atoms with Gasteiger partial charge in [-0.2, -0.15) is 0 Å². The molecule has 0 radical (unpaired) electrons. The predicted octanol–water partition coefficient (Wildman–Crippen LogP) is 1.73. The van der Waals surface area contributed by atoms with Crippen molar-refractivity contribution in [2.75, 3.05) is 5.32 Å². The van der Waals surface area contributed by atoms with Gasteiger partial charge in [-0.1, -0.05) is 6.07 Å². The Labute approximate surface area is 120 Å². The molecule has 0 aliphatic carbocycles. The molecule has 1 aliphatic rings. The zero-order valence-corrected chi connectivity index (χ0v) is 11.6. The van der Waals surface area contributed by atoms with Crippen molar-refractivity contribution in [3.8, 4) is 0 Å². The molecule has 1 saturated heterocycles. The highest BCUT2D eigenvalue weighted by Gasteiger charge is 2.33. The van der Waals surface area contributed by atoms with Crippen LogP contribution in [0.15, 0.2) is 18.2 Å². The van der Waals surface area contributed by atoms with E-state index < -0.39 is 23.0 Å². The monoisotopic (exact) mass is 293 g/mol. The maximum atomic E-state index is 11.9. The summed E-state index contributed by atoms with van der Waals surface area (Å²) in [5, 5.41) is 15.8. The first kappa shape index (κ1) is 14.8. The highest BCUT2D eigenvalue weighted by Crippen LogP contribution is 2.25. The summed E-state index contributed by atoms with van der Waals surface area (Å²) < 4.78 is 4.93. The summed E-state index contributed by atoms with van der Waals surface area (Å²) in [5.74, 6) is -0.478. The second-order valence-corrected chi connectivity index (χ2v) is 4.84. The first-order valence-electron chi connectivity index (χ1n) is 6.40. The van der Waals surface area contributed by atoms with E-state index in [1.165, 1.54) is 12.1 Å². The van der Waals surface area contributed by atoms with E-state index >= 15 is 0 Å². The maximum absolute atomic E-state index is 11.9. The summed E-state index contributed by atoms with van der Waals surface area (Å²) in [5.41, 5.74) is 0.586. The number of ether oxygens (including phenoxy) is 1. The number of nitrogens with zero attached hydrogens (tertiary/aromatic N) is 1. The van der Waals surface area contributed by atoms with Crippen LogP contribution < -0.4 is 10.6 Å². The average molecular weight is 293 g/mol. The molecule has 8 heteroatoms. The highest BCUT2D eigenvalue weighted by atomic mass is 16.6. The molecule has 2 amide bonds. The van der Waals surface area contributed by atoms with Crippen molar-refractivity contribution in [2.45, 2.75) is 32.4 Å². The quantitative estimate of drug-likeness (QED) is 0.501. The largest absolute Gasteiger partial charge is 0.461 e. The Hall–Kier alpha value is -2.64. The number of esters is 1. The van der Waals surface area contributed by atoms with Crippen molar-refractivity contribution in [1.82, 2.24) is 5.32 Å². The molecule has 21 heavy (non-hydrogen) atoms. The van der Waals surface area contributed by atoms with Gasteiger partial charge in [-0.3, -0.25) is 10.1 Å². The lowest BCUT2D eigenvalue weighted by Gasteiger charge is -2.12. The molecule has 0 aromatic heterocycles. The van der Waals surface area contributed by atoms with Gasteiger partial charge in [0.15, 0.2) is 0 Å². The van der Waals surface area contributed by atoms with E-state index in [1.807, 2.05) is 0 Å². The first-order valence-corrected chi connectivity index (χ1v) is 6.40. The molecule has 1 aliphatic heterocycles. The van der Waals surface area contributed by atoms with E-state index in [9.17, 15) is 19.7 Å². The van der Waals surface area contributed by atoms with Crippen LogP contribution in [-0.4, -0.2) is 29.1 Å². The number of rotatable bonds is 3. The summed E-state index contributed by atoms with van der Waals surface area (Å²) >= 11 is 0. The second-order valence-electron chi connectivity index (χ2n) is 4.84. The Kier molecular flexibility index (Phi) is 4.06. The van der Waals surface area contributed by atoms with Crippen LogP contribution >= 0.6 is 0 Å². The molecule has 1 heterocycles. The summed E-state index contributed by atoms with van der Waals surface area (Å²) in [6.45, 7) is 3.28. The van der Waals surface area contributed by atoms with Crippen LogP contribution in [0, 0.1) is 17.0 Å². The van der Waals surface area contributed by atoms with Crippen molar-refractivity contribution in [2.24, 2.45) is 0 Å². The van der Waals surface area contributed by atoms with E-state index in [0.717, 1.165) is 0 Å². The number of carbonyl (C=O) groups is 2. The fourth-order valence-corrected chi connectivity index (χ4v) is 2.15. The molecule has 112 valence electrons. The Morgan fingerprint density at radius 1 is 1.48 bits per heavy atom. The zero-order valence-electron chi connectivity index (χ0n) is 11.6. The Balaban J connectivity index is 2.05. The minimum Gasteiger partial charge on any atom is -0.461 e. The fraction of sp³-hybridized carbons (Fsp3) is 0.385. The van der Waals surface area contributed by atoms with Crippen molar-refractivity contribution in [1.29, 1.82) is 0 Å². The molecule has 0 saturated carbocycles. The van der Waals surface area contributed by atoms with Gasteiger partial charge < -0.3 is 15.4 Å². The number of urea groups is 1. The van der Waals surface area contributed by atoms with Gasteiger partial charge in [-0.05, 0) is 19.9 Å². The number of nitrogens with one attached hydrogen (secondary N) is 2. The van der Waals surface area contributed by atoms with Gasteiger partial charge in [0.05, 0.1) is 16.2 Å². The second kappa shape index (κ2) is 5.78. The third-order valence-electron chi connectivity index (χ3n) is 3.22. The normalized spacial score (nSPS) is 20.8. The maximum Gasteiger partial charge on any atom is 0.329 e. The van der Waals surface area contributed by atoms with Gasteiger partial charge in [0.25, 0.3) is 5.69 Å². The number of nitro groups is 1. The number of hydrogen-bond donors (Lipinski definition) is 2. The average Bonchev–Trinajstić information content (AvgIpc) is 2.70. The van der Waals surface area contributed by atoms with Gasteiger partial charge in [0.1, 0.15) is 12.1 Å². The number of carbonyl (C=O) groups excluding carboxylic acids is 2. The van der Waals surface area contributed by atoms with Crippen LogP contribution in [0.1, 0.15) is 18.9 Å². The molecule has 2 atom stereocenters. The summed E-state index contributed by atoms with van der Waals surface area (Å²) in [4.78, 5) is 33.6. The Bertz CT molecular complexity index is 601. The standard InChI is InChI=1S/C13H15N3O5/c1-7-6-10(12(17)21-7)15-13(18)14-9-4-3-5-11(8(9)2)16(19)20/h3-5,7,10H,6H2,1-2H3,(H2,14,15,18). The summed E-state index contributed by atoms with van der Waals surface area (Å²) in [6, 6.07) is 3.09. The van der Waals surface area contributed by atoms with E-state index in [2.05, 4.69) is 10.6 Å². The van der Waals surface area contributed by atoms with Crippen molar-refractivity contribution in [3.05, 3.63) is 33.9 Å². The van der Waals surface area contributed by atoms with Crippen LogP contribution in [0.5, 0.6) is 0 Å². The van der Waals surface area contributed by atoms with Crippen LogP contribution in [0.3, 0.4) is 0 Å². The number of hydrogen-bond acceptors (Lipinski definition) is 5. The SMILES string of the molecule is Cc1c(NC(=O)NC2CC(C)OC2=O)cccc1[N+](=O)[O-]. The number of amides is 2. The molecule has 2 N–H and O–H groups in total. The molecule has 1 aromatic rings. The smallest absolute Gasteiger partial charge is 0.329 e. The number of cyclic esters (lactones) is 1. The molecule has 8 nitrogen and oxygen atoms in total. The van der Waals surface area contributed by atoms with Crippen molar-refractivity contribution < 1.29 is 19.2 Å². The van der Waals surface area contributed by atoms with Gasteiger partial charge in [0.2, 0.25) is 0 Å². The van der Waals surface area contributed by atoms with Crippen molar-refractivity contribution >= 4 is 23.4 Å². The van der Waals surface area contributed by atoms with Crippen LogP contribution in [0.4, 0.5) is 16.2 Å². The lowest BCUT2D eigenvalue weighted by molar-refractivity contribution is -0.385. The first-order chi connectivity index (χ1) is 9.88. The lowest BCUT2D eigenvalue weighted by Crippen LogP contribution is -2.40. The predicted molar refractivity (Wildman–Crippen MR) is 73.9 cm³/mol. The molecule has 1 fully saturated rings. The van der Waals surface area contributed by atoms with E-state index in [4.69, 9.17) is 4.74 Å². The highest BCUT2D eigenvalue weighted by molar-refractivity contribution is 5.94. The topological polar surface area (TPSA) is 111 Å². The molecule has 0 spiro atoms. The molecule has 0 bridgehead atoms. The minimum atomic E-state index is -0.695. The third-order valence-corrected chi connectivity index (χ3v) is 3.22. The molecular weight excluding hydrogens is 278 g/mol. The number of anilines is 1. The fourth-order valence-electron chi connectivity index (χ4n) is 2.15. The molecule has 1 aromatic carbocycles. The van der Waals surface area contributed by atoms with Gasteiger partial charge in [-0.25, -0.2) is 9.59 Å². The van der Waals surface area contributed by atoms with Gasteiger partial charge in [0, 0.05) is 12.5 Å². The summed E-state index contributed by atoms with van der Waals surface area (Å²) in [7, 11) is 0. The number of nitro benzene ring substituents is 1. The van der Waals surface area contributed by atoms with Crippen molar-refractivity contribution in [3.63, 3.8) is 0 Å². The Morgan fingerprint density at radius 2 is 2.19 bits per heavy atom. The minimum absolute atomic E-state index is 0.0818. The van der Waals surface area contributed by atoms with E-state index in [1.54, 1.807) is 19.9 Å². The van der Waals surface area contributed by atoms with Crippen LogP contribution in [0.25, 0.3) is 0 Å². The van der Waals surface area contributed by atoms with Gasteiger partial charge in [-0.15, -0.1) is 0 Å². The number of benzene rings is 1. The van der Waals surface area contributed by atoms with Crippen LogP contribution in [-0.2, 0) is 9.53 Å². The lowest BCUT2D eigenvalue weighted by atomic mass is 10.1. The zero-order chi connectivity index (χ0) is 15.6. The van der Waals surface area contributed by atoms with Gasteiger partial charge >= 0.3 is 12.0 Å².